The smallest absolute Gasteiger partial charge is 0.282 e. The van der Waals surface area contributed by atoms with Crippen molar-refractivity contribution in [1.82, 2.24) is 9.62 Å². The second-order valence-corrected chi connectivity index (χ2v) is 16.5. The number of amides is 2. The summed E-state index contributed by atoms with van der Waals surface area (Å²) in [6, 6.07) is 10.8. The number of aryl methyl sites for hydroxylation is 1. The van der Waals surface area contributed by atoms with Crippen LogP contribution >= 0.6 is 11.6 Å². The maximum atomic E-state index is 13.8. The van der Waals surface area contributed by atoms with Crippen molar-refractivity contribution in [3.8, 4) is 5.75 Å². The number of nitrogens with zero attached hydrogens (tertiary/aromatic N) is 2. The molecule has 12 heteroatoms. The summed E-state index contributed by atoms with van der Waals surface area (Å²) < 4.78 is 63.0. The van der Waals surface area contributed by atoms with Gasteiger partial charge in [-0.1, -0.05) is 31.0 Å². The number of alkyl halides is 2. The molecule has 4 aliphatic rings. The number of anilines is 1. The molecule has 2 unspecified atom stereocenters. The number of hydrogen-bond acceptors (Lipinski definition) is 6. The lowest BCUT2D eigenvalue weighted by molar-refractivity contribution is -0.173. The predicted octanol–water partition coefficient (Wildman–Crippen LogP) is 6.45. The molecule has 3 aliphatic heterocycles. The van der Waals surface area contributed by atoms with Gasteiger partial charge in [0.05, 0.1) is 24.0 Å². The zero-order valence-electron chi connectivity index (χ0n) is 27.0. The van der Waals surface area contributed by atoms with Crippen molar-refractivity contribution in [1.29, 1.82) is 0 Å². The van der Waals surface area contributed by atoms with E-state index in [1.807, 2.05) is 25.1 Å². The largest absolute Gasteiger partial charge is 0.487 e. The van der Waals surface area contributed by atoms with Gasteiger partial charge in [0.15, 0.2) is 0 Å². The molecule has 5 atom stereocenters. The first-order valence-corrected chi connectivity index (χ1v) is 18.8. The lowest BCUT2D eigenvalue weighted by Crippen LogP contribution is -2.61. The summed E-state index contributed by atoms with van der Waals surface area (Å²) in [5, 5.41) is -0.186. The van der Waals surface area contributed by atoms with Crippen molar-refractivity contribution < 1.29 is 31.5 Å². The van der Waals surface area contributed by atoms with Crippen molar-refractivity contribution >= 4 is 39.1 Å². The van der Waals surface area contributed by atoms with Crippen molar-refractivity contribution in [2.24, 2.45) is 23.7 Å². The highest BCUT2D eigenvalue weighted by Crippen LogP contribution is 2.46. The van der Waals surface area contributed by atoms with E-state index in [4.69, 9.17) is 16.3 Å². The molecule has 2 amide bonds. The summed E-state index contributed by atoms with van der Waals surface area (Å²) in [5.74, 6) is -3.68. The number of carbonyl (C=O) groups excluding carboxylic acids is 2. The van der Waals surface area contributed by atoms with Gasteiger partial charge in [-0.15, -0.1) is 0 Å². The Hall–Kier alpha value is -2.92. The topological polar surface area (TPSA) is 96.0 Å². The molecule has 1 N–H and O–H groups in total. The van der Waals surface area contributed by atoms with Crippen molar-refractivity contribution in [3.05, 3.63) is 58.1 Å². The summed E-state index contributed by atoms with van der Waals surface area (Å²) in [5.41, 5.74) is 3.06. The van der Waals surface area contributed by atoms with Crippen LogP contribution in [0, 0.1) is 23.7 Å². The summed E-state index contributed by atoms with van der Waals surface area (Å²) in [6.07, 6.45) is 5.94. The summed E-state index contributed by atoms with van der Waals surface area (Å²) in [4.78, 5) is 30.6. The molecule has 256 valence electrons. The van der Waals surface area contributed by atoms with Gasteiger partial charge in [0.1, 0.15) is 12.4 Å². The Kier molecular flexibility index (Phi) is 9.78. The number of fused-ring (bicyclic) bond motifs is 3. The molecule has 1 saturated carbocycles. The van der Waals surface area contributed by atoms with E-state index < -0.39 is 46.1 Å². The third kappa shape index (κ3) is 7.41. The van der Waals surface area contributed by atoms with Crippen LogP contribution in [0.4, 0.5) is 14.5 Å². The molecule has 8 nitrogen and oxygen atoms in total. The fourth-order valence-electron chi connectivity index (χ4n) is 7.62. The molecular weight excluding hydrogens is 648 g/mol. The number of likely N-dealkylation sites (tertiary alicyclic amines) is 1. The number of rotatable bonds is 1. The highest BCUT2D eigenvalue weighted by Gasteiger charge is 2.50. The summed E-state index contributed by atoms with van der Waals surface area (Å²) in [7, 11) is -4.01. The maximum absolute atomic E-state index is 13.8. The summed E-state index contributed by atoms with van der Waals surface area (Å²) in [6.45, 7) is 3.90. The van der Waals surface area contributed by atoms with E-state index in [2.05, 4.69) is 9.62 Å². The first kappa shape index (κ1) is 34.0. The van der Waals surface area contributed by atoms with Gasteiger partial charge in [-0.3, -0.25) is 9.59 Å². The van der Waals surface area contributed by atoms with Crippen LogP contribution in [0.1, 0.15) is 80.3 Å². The maximum Gasteiger partial charge on any atom is 0.282 e. The number of benzene rings is 2. The molecular formula is C35H44ClF2N3O5S. The molecule has 6 rings (SSSR count). The van der Waals surface area contributed by atoms with E-state index in [-0.39, 0.29) is 29.2 Å². The molecule has 1 aliphatic carbocycles. The van der Waals surface area contributed by atoms with Gasteiger partial charge in [-0.2, -0.15) is 0 Å². The molecule has 1 saturated heterocycles. The fraction of sp³-hybridized carbons (Fsp3) is 0.600. The third-order valence-electron chi connectivity index (χ3n) is 10.9. The Labute approximate surface area is 281 Å². The Morgan fingerprint density at radius 2 is 1.79 bits per heavy atom. The number of carbonyl (C=O) groups is 2. The van der Waals surface area contributed by atoms with Crippen LogP contribution in [-0.2, 0) is 27.8 Å². The van der Waals surface area contributed by atoms with Gasteiger partial charge < -0.3 is 14.5 Å². The van der Waals surface area contributed by atoms with Crippen LogP contribution in [0.15, 0.2) is 36.4 Å². The molecule has 2 fully saturated rings. The van der Waals surface area contributed by atoms with Gasteiger partial charge in [-0.25, -0.2) is 21.9 Å². The minimum Gasteiger partial charge on any atom is -0.487 e. The second kappa shape index (κ2) is 13.5. The number of sulfonamides is 1. The fourth-order valence-corrected chi connectivity index (χ4v) is 9.12. The van der Waals surface area contributed by atoms with E-state index in [0.29, 0.717) is 55.4 Å². The molecule has 3 heterocycles. The Morgan fingerprint density at radius 3 is 2.51 bits per heavy atom. The quantitative estimate of drug-likeness (QED) is 0.370. The molecule has 2 bridgehead atoms. The number of halogens is 3. The molecule has 2 aromatic carbocycles. The molecule has 0 spiro atoms. The van der Waals surface area contributed by atoms with Crippen LogP contribution in [0.3, 0.4) is 0 Å². The average molecular weight is 692 g/mol. The zero-order valence-corrected chi connectivity index (χ0v) is 28.6. The van der Waals surface area contributed by atoms with E-state index >= 15 is 0 Å². The van der Waals surface area contributed by atoms with Gasteiger partial charge in [0, 0.05) is 29.6 Å². The minimum absolute atomic E-state index is 0.0292. The molecule has 47 heavy (non-hydrogen) atoms. The van der Waals surface area contributed by atoms with Crippen molar-refractivity contribution in [2.45, 2.75) is 83.0 Å². The van der Waals surface area contributed by atoms with E-state index in [0.717, 1.165) is 43.2 Å². The second-order valence-electron chi connectivity index (χ2n) is 14.0. The van der Waals surface area contributed by atoms with Crippen LogP contribution in [0.5, 0.6) is 5.75 Å². The molecule has 2 aromatic rings. The number of nitrogens with one attached hydrogen (secondary N) is 1. The highest BCUT2D eigenvalue weighted by molar-refractivity contribution is 7.90. The molecule has 0 radical (unpaired) electrons. The monoisotopic (exact) mass is 691 g/mol. The average Bonchev–Trinajstić information content (AvgIpc) is 3.03. The minimum atomic E-state index is -4.01. The predicted molar refractivity (Wildman–Crippen MR) is 177 cm³/mol. The van der Waals surface area contributed by atoms with Gasteiger partial charge in [-0.05, 0) is 111 Å². The van der Waals surface area contributed by atoms with Gasteiger partial charge >= 0.3 is 0 Å². The van der Waals surface area contributed by atoms with E-state index in [1.165, 1.54) is 4.90 Å². The normalized spacial score (nSPS) is 29.4. The number of ether oxygens (including phenoxy) is 1. The van der Waals surface area contributed by atoms with Crippen LogP contribution in [0.25, 0.3) is 0 Å². The van der Waals surface area contributed by atoms with Gasteiger partial charge in [0.25, 0.3) is 11.8 Å². The van der Waals surface area contributed by atoms with Crippen LogP contribution in [-0.4, -0.2) is 62.5 Å². The molecule has 0 aromatic heterocycles. The Bertz CT molecular complexity index is 1610. The lowest BCUT2D eigenvalue weighted by atomic mass is 9.65. The summed E-state index contributed by atoms with van der Waals surface area (Å²) >= 11 is 6.32. The zero-order chi connectivity index (χ0) is 33.5. The van der Waals surface area contributed by atoms with Crippen molar-refractivity contribution in [3.63, 3.8) is 0 Å². The first-order chi connectivity index (χ1) is 22.3. The van der Waals surface area contributed by atoms with Crippen LogP contribution in [0.2, 0.25) is 5.02 Å². The Morgan fingerprint density at radius 1 is 1.00 bits per heavy atom. The van der Waals surface area contributed by atoms with E-state index in [9.17, 15) is 26.8 Å². The first-order valence-electron chi connectivity index (χ1n) is 16.8. The standard InChI is InChI=1S/C35H44ClF2N3O5S/c1-22-6-5-8-30(34(43)41-20-35(37,38)21-41)29-13-10-26(29)18-40-15-4-3-7-24-16-28(36)12-9-27(24)19-46-32-14-11-25(17-31(32)40)33(42)39-47(44,45)23(22)2/h9,11-12,14,16-17,22-23,26,29-30H,3-8,10,13,15,18-21H2,1-2H3,(H,39,42)/t22-,23+,26?,29?,30+/m0/s1. The third-order valence-corrected chi connectivity index (χ3v) is 13.0. The highest BCUT2D eigenvalue weighted by atomic mass is 35.5. The van der Waals surface area contributed by atoms with Crippen LogP contribution < -0.4 is 14.4 Å². The lowest BCUT2D eigenvalue weighted by Gasteiger charge is -2.47. The SMILES string of the molecule is C[C@@H]1[C@@H](C)CCC[C@@H](C(=O)N2CC(F)(F)C2)C2CCC2CN2CCCCc3cc(Cl)ccc3COc3ccc(cc32)C(=O)NS1(=O)=O. The van der Waals surface area contributed by atoms with Crippen molar-refractivity contribution in [2.75, 3.05) is 31.1 Å². The van der Waals surface area contributed by atoms with E-state index in [1.54, 1.807) is 25.1 Å². The number of hydrogen-bond donors (Lipinski definition) is 1. The Balaban J connectivity index is 1.36. The van der Waals surface area contributed by atoms with Gasteiger partial charge in [0.2, 0.25) is 15.9 Å².